The van der Waals surface area contributed by atoms with Crippen LogP contribution in [-0.4, -0.2) is 14.9 Å². The molecular weight excluding hydrogens is 322 g/mol. The lowest BCUT2D eigenvalue weighted by Crippen LogP contribution is -1.98. The first-order valence-electron chi connectivity index (χ1n) is 6.36. The first-order valence-corrected chi connectivity index (χ1v) is 7.62. The number of nitro benzene ring substituents is 1. The lowest BCUT2D eigenvalue weighted by molar-refractivity contribution is -0.384. The van der Waals surface area contributed by atoms with E-state index in [4.69, 9.17) is 11.6 Å². The van der Waals surface area contributed by atoms with E-state index in [1.165, 1.54) is 36.0 Å². The third-order valence-electron chi connectivity index (χ3n) is 3.34. The van der Waals surface area contributed by atoms with Crippen LogP contribution in [0.2, 0.25) is 4.34 Å². The van der Waals surface area contributed by atoms with Gasteiger partial charge in [-0.3, -0.25) is 20.1 Å². The quantitative estimate of drug-likeness (QED) is 0.513. The Labute approximate surface area is 135 Å². The SMILES string of the molecule is Cc1c(-c2csc(Cl)c2)ccc([N+](=O)[O-])c1-c1cnccn1. The number of hydrogen-bond acceptors (Lipinski definition) is 5. The second-order valence-corrected chi connectivity index (χ2v) is 6.16. The molecule has 0 bridgehead atoms. The molecule has 2 heterocycles. The van der Waals surface area contributed by atoms with Gasteiger partial charge in [0.05, 0.1) is 26.7 Å². The van der Waals surface area contributed by atoms with Crippen LogP contribution < -0.4 is 0 Å². The van der Waals surface area contributed by atoms with Crippen molar-refractivity contribution in [2.24, 2.45) is 0 Å². The molecule has 0 aliphatic heterocycles. The van der Waals surface area contributed by atoms with E-state index in [-0.39, 0.29) is 5.69 Å². The molecule has 110 valence electrons. The van der Waals surface area contributed by atoms with E-state index in [2.05, 4.69) is 9.97 Å². The third kappa shape index (κ3) is 2.58. The monoisotopic (exact) mass is 331 g/mol. The van der Waals surface area contributed by atoms with Crippen LogP contribution in [0.4, 0.5) is 5.69 Å². The smallest absolute Gasteiger partial charge is 0.261 e. The van der Waals surface area contributed by atoms with E-state index < -0.39 is 4.92 Å². The summed E-state index contributed by atoms with van der Waals surface area (Å²) in [5.41, 5.74) is 3.60. The number of benzene rings is 1. The van der Waals surface area contributed by atoms with Gasteiger partial charge in [-0.05, 0) is 35.7 Å². The lowest BCUT2D eigenvalue weighted by Gasteiger charge is -2.10. The van der Waals surface area contributed by atoms with Gasteiger partial charge in [0.25, 0.3) is 5.69 Å². The first-order chi connectivity index (χ1) is 10.6. The van der Waals surface area contributed by atoms with E-state index in [9.17, 15) is 10.1 Å². The number of hydrogen-bond donors (Lipinski definition) is 0. The van der Waals surface area contributed by atoms with E-state index in [0.29, 0.717) is 15.6 Å². The maximum atomic E-state index is 11.3. The summed E-state index contributed by atoms with van der Waals surface area (Å²) in [7, 11) is 0. The topological polar surface area (TPSA) is 68.9 Å². The normalized spacial score (nSPS) is 10.6. The highest BCUT2D eigenvalue weighted by molar-refractivity contribution is 7.14. The molecule has 0 unspecified atom stereocenters. The highest BCUT2D eigenvalue weighted by Crippen LogP contribution is 2.39. The molecule has 0 radical (unpaired) electrons. The summed E-state index contributed by atoms with van der Waals surface area (Å²) in [6, 6.07) is 5.09. The van der Waals surface area contributed by atoms with Crippen LogP contribution in [0, 0.1) is 17.0 Å². The van der Waals surface area contributed by atoms with E-state index in [1.54, 1.807) is 6.07 Å². The maximum absolute atomic E-state index is 11.3. The van der Waals surface area contributed by atoms with Crippen LogP contribution in [0.15, 0.2) is 42.2 Å². The Hall–Kier alpha value is -2.31. The summed E-state index contributed by atoms with van der Waals surface area (Å²) in [6.45, 7) is 1.85. The fourth-order valence-electron chi connectivity index (χ4n) is 2.37. The summed E-state index contributed by atoms with van der Waals surface area (Å²) in [5.74, 6) is 0. The first kappa shape index (κ1) is 14.6. The van der Waals surface area contributed by atoms with Gasteiger partial charge in [0.1, 0.15) is 0 Å². The molecule has 0 saturated carbocycles. The summed E-state index contributed by atoms with van der Waals surface area (Å²) in [4.78, 5) is 19.1. The maximum Gasteiger partial charge on any atom is 0.279 e. The second-order valence-electron chi connectivity index (χ2n) is 4.62. The van der Waals surface area contributed by atoms with E-state index in [0.717, 1.165) is 16.7 Å². The fourth-order valence-corrected chi connectivity index (χ4v) is 3.25. The molecule has 3 aromatic rings. The predicted molar refractivity (Wildman–Crippen MR) is 87.2 cm³/mol. The van der Waals surface area contributed by atoms with Gasteiger partial charge >= 0.3 is 0 Å². The van der Waals surface area contributed by atoms with Gasteiger partial charge in [-0.15, -0.1) is 11.3 Å². The summed E-state index contributed by atoms with van der Waals surface area (Å²) < 4.78 is 0.675. The number of thiophene rings is 1. The largest absolute Gasteiger partial charge is 0.279 e. The Morgan fingerprint density at radius 1 is 1.32 bits per heavy atom. The minimum absolute atomic E-state index is 0.0167. The number of aromatic nitrogens is 2. The summed E-state index contributed by atoms with van der Waals surface area (Å²) in [5, 5.41) is 13.3. The van der Waals surface area contributed by atoms with Crippen molar-refractivity contribution < 1.29 is 4.92 Å². The summed E-state index contributed by atoms with van der Waals surface area (Å²) in [6.07, 6.45) is 4.58. The van der Waals surface area contributed by atoms with Gasteiger partial charge in [0.15, 0.2) is 0 Å². The van der Waals surface area contributed by atoms with Crippen molar-refractivity contribution in [2.45, 2.75) is 6.92 Å². The van der Waals surface area contributed by atoms with Crippen molar-refractivity contribution >= 4 is 28.6 Å². The Kier molecular flexibility index (Phi) is 3.87. The van der Waals surface area contributed by atoms with Gasteiger partial charge < -0.3 is 0 Å². The molecule has 0 spiro atoms. The van der Waals surface area contributed by atoms with Crippen molar-refractivity contribution in [3.05, 3.63) is 62.2 Å². The van der Waals surface area contributed by atoms with Gasteiger partial charge in [-0.1, -0.05) is 11.6 Å². The number of nitro groups is 1. The molecular formula is C15H10ClN3O2S. The molecule has 22 heavy (non-hydrogen) atoms. The molecule has 7 heteroatoms. The fraction of sp³-hybridized carbons (Fsp3) is 0.0667. The van der Waals surface area contributed by atoms with Crippen LogP contribution in [0.25, 0.3) is 22.4 Å². The van der Waals surface area contributed by atoms with Crippen molar-refractivity contribution in [1.82, 2.24) is 9.97 Å². The molecule has 0 atom stereocenters. The number of halogens is 1. The average Bonchev–Trinajstić information content (AvgIpc) is 2.94. The Bertz CT molecular complexity index is 849. The van der Waals surface area contributed by atoms with Crippen molar-refractivity contribution in [3.8, 4) is 22.4 Å². The molecule has 5 nitrogen and oxygen atoms in total. The molecule has 0 fully saturated rings. The van der Waals surface area contributed by atoms with Crippen LogP contribution in [-0.2, 0) is 0 Å². The highest BCUT2D eigenvalue weighted by atomic mass is 35.5. The van der Waals surface area contributed by atoms with Gasteiger partial charge in [-0.25, -0.2) is 0 Å². The van der Waals surface area contributed by atoms with Crippen molar-refractivity contribution in [2.75, 3.05) is 0 Å². The highest BCUT2D eigenvalue weighted by Gasteiger charge is 2.22. The predicted octanol–water partition coefficient (Wildman–Crippen LogP) is 4.74. The zero-order valence-electron chi connectivity index (χ0n) is 11.5. The van der Waals surface area contributed by atoms with E-state index >= 15 is 0 Å². The summed E-state index contributed by atoms with van der Waals surface area (Å²) >= 11 is 7.41. The number of nitrogens with zero attached hydrogens (tertiary/aromatic N) is 3. The molecule has 1 aromatic carbocycles. The molecule has 3 rings (SSSR count). The minimum Gasteiger partial charge on any atom is -0.261 e. The zero-order valence-corrected chi connectivity index (χ0v) is 13.1. The molecule has 2 aromatic heterocycles. The van der Waals surface area contributed by atoms with Crippen molar-refractivity contribution in [3.63, 3.8) is 0 Å². The Morgan fingerprint density at radius 2 is 2.14 bits per heavy atom. The number of rotatable bonds is 3. The standard InChI is InChI=1S/C15H10ClN3O2S/c1-9-11(10-6-14(16)22-8-10)2-3-13(19(20)21)15(9)12-7-17-4-5-18-12/h2-8H,1H3. The Balaban J connectivity index is 2.27. The lowest BCUT2D eigenvalue weighted by atomic mass is 9.95. The minimum atomic E-state index is -0.401. The molecule has 0 N–H and O–H groups in total. The third-order valence-corrected chi connectivity index (χ3v) is 4.43. The van der Waals surface area contributed by atoms with Crippen LogP contribution in [0.1, 0.15) is 5.56 Å². The van der Waals surface area contributed by atoms with Crippen LogP contribution in [0.5, 0.6) is 0 Å². The van der Waals surface area contributed by atoms with E-state index in [1.807, 2.05) is 18.4 Å². The molecule has 0 saturated heterocycles. The van der Waals surface area contributed by atoms with Crippen LogP contribution in [0.3, 0.4) is 0 Å². The molecule has 0 amide bonds. The molecule has 0 aliphatic rings. The van der Waals surface area contributed by atoms with Gasteiger partial charge in [0, 0.05) is 23.8 Å². The van der Waals surface area contributed by atoms with Crippen LogP contribution >= 0.6 is 22.9 Å². The Morgan fingerprint density at radius 3 is 2.73 bits per heavy atom. The van der Waals surface area contributed by atoms with Crippen molar-refractivity contribution in [1.29, 1.82) is 0 Å². The zero-order chi connectivity index (χ0) is 15.7. The van der Waals surface area contributed by atoms with Gasteiger partial charge in [-0.2, -0.15) is 0 Å². The second kappa shape index (κ2) is 5.82. The molecule has 0 aliphatic carbocycles. The van der Waals surface area contributed by atoms with Gasteiger partial charge in [0.2, 0.25) is 0 Å². The average molecular weight is 332 g/mol.